The first-order valence-corrected chi connectivity index (χ1v) is 11.8. The molecule has 0 bridgehead atoms. The number of rotatable bonds is 9. The Morgan fingerprint density at radius 2 is 1.69 bits per heavy atom. The minimum Gasteiger partial charge on any atom is -0.478 e. The highest BCUT2D eigenvalue weighted by molar-refractivity contribution is 6.40. The summed E-state index contributed by atoms with van der Waals surface area (Å²) in [6.07, 6.45) is 4.48. The smallest absolute Gasteiger partial charge is 0.335 e. The van der Waals surface area contributed by atoms with Gasteiger partial charge in [0.2, 0.25) is 5.91 Å². The van der Waals surface area contributed by atoms with E-state index in [1.54, 1.807) is 48.8 Å². The van der Waals surface area contributed by atoms with Gasteiger partial charge in [0.1, 0.15) is 12.4 Å². The molecule has 0 spiro atoms. The van der Waals surface area contributed by atoms with Crippen LogP contribution < -0.4 is 16.0 Å². The Balaban J connectivity index is 1.46. The number of nitrogens with zero attached hydrogens (tertiary/aromatic N) is 5. The average molecular weight is 549 g/mol. The van der Waals surface area contributed by atoms with Crippen LogP contribution in [0.3, 0.4) is 0 Å². The largest absolute Gasteiger partial charge is 0.478 e. The Hall–Kier alpha value is -5.17. The zero-order valence-electron chi connectivity index (χ0n) is 20.1. The number of nitrogens with one attached hydrogen (secondary N) is 3. The van der Waals surface area contributed by atoms with Crippen molar-refractivity contribution < 1.29 is 24.3 Å². The third-order valence-electron chi connectivity index (χ3n) is 5.49. The van der Waals surface area contributed by atoms with Crippen molar-refractivity contribution in [2.24, 2.45) is 0 Å². The SMILES string of the molecule is O=C(Nc1cc(Cl)ccc1-n1cnnn1)C(=O)NC(Cc1ccncc1)C(=O)NCc1ccc(C(=O)O)cc1. The summed E-state index contributed by atoms with van der Waals surface area (Å²) in [4.78, 5) is 53.7. The molecule has 0 fully saturated rings. The third-order valence-corrected chi connectivity index (χ3v) is 5.72. The molecule has 3 amide bonds. The lowest BCUT2D eigenvalue weighted by atomic mass is 10.1. The predicted molar refractivity (Wildman–Crippen MR) is 138 cm³/mol. The third kappa shape index (κ3) is 7.20. The zero-order valence-corrected chi connectivity index (χ0v) is 20.9. The van der Waals surface area contributed by atoms with Crippen LogP contribution in [0.4, 0.5) is 5.69 Å². The van der Waals surface area contributed by atoms with E-state index in [1.807, 2.05) is 0 Å². The molecule has 2 heterocycles. The van der Waals surface area contributed by atoms with Gasteiger partial charge in [-0.3, -0.25) is 19.4 Å². The molecule has 0 saturated carbocycles. The Morgan fingerprint density at radius 3 is 2.36 bits per heavy atom. The van der Waals surface area contributed by atoms with Crippen LogP contribution in [0.1, 0.15) is 21.5 Å². The molecule has 2 aromatic heterocycles. The van der Waals surface area contributed by atoms with Crippen LogP contribution in [0.25, 0.3) is 5.69 Å². The summed E-state index contributed by atoms with van der Waals surface area (Å²) < 4.78 is 1.28. The molecule has 2 aromatic carbocycles. The van der Waals surface area contributed by atoms with E-state index in [-0.39, 0.29) is 24.2 Å². The van der Waals surface area contributed by atoms with E-state index in [0.717, 1.165) is 0 Å². The number of hydrogen-bond donors (Lipinski definition) is 4. The molecule has 1 atom stereocenters. The molecule has 39 heavy (non-hydrogen) atoms. The monoisotopic (exact) mass is 548 g/mol. The molecule has 0 aliphatic rings. The first-order chi connectivity index (χ1) is 18.8. The highest BCUT2D eigenvalue weighted by Crippen LogP contribution is 2.23. The molecule has 0 aliphatic carbocycles. The predicted octanol–water partition coefficient (Wildman–Crippen LogP) is 1.39. The molecule has 1 unspecified atom stereocenters. The summed E-state index contributed by atoms with van der Waals surface area (Å²) in [5.74, 6) is -3.71. The molecular formula is C25H21ClN8O5. The van der Waals surface area contributed by atoms with E-state index in [4.69, 9.17) is 16.7 Å². The van der Waals surface area contributed by atoms with Gasteiger partial charge in [-0.25, -0.2) is 4.79 Å². The van der Waals surface area contributed by atoms with E-state index in [2.05, 4.69) is 36.5 Å². The molecule has 14 heteroatoms. The Morgan fingerprint density at radius 1 is 0.949 bits per heavy atom. The van der Waals surface area contributed by atoms with Gasteiger partial charge in [-0.05, 0) is 64.0 Å². The number of aromatic nitrogens is 5. The Bertz CT molecular complexity index is 1480. The quantitative estimate of drug-likeness (QED) is 0.225. The van der Waals surface area contributed by atoms with Gasteiger partial charge in [-0.1, -0.05) is 23.7 Å². The molecule has 0 radical (unpaired) electrons. The fourth-order valence-corrected chi connectivity index (χ4v) is 3.70. The highest BCUT2D eigenvalue weighted by Gasteiger charge is 2.25. The lowest BCUT2D eigenvalue weighted by Crippen LogP contribution is -2.50. The summed E-state index contributed by atoms with van der Waals surface area (Å²) in [5.41, 5.74) is 2.01. The van der Waals surface area contributed by atoms with Crippen LogP contribution in [0.5, 0.6) is 0 Å². The van der Waals surface area contributed by atoms with Crippen molar-refractivity contribution >= 4 is 41.0 Å². The summed E-state index contributed by atoms with van der Waals surface area (Å²) in [5, 5.41) is 27.9. The fourth-order valence-electron chi connectivity index (χ4n) is 3.52. The number of anilines is 1. The normalized spacial score (nSPS) is 11.3. The lowest BCUT2D eigenvalue weighted by Gasteiger charge is -2.19. The van der Waals surface area contributed by atoms with Crippen LogP contribution in [0.2, 0.25) is 5.02 Å². The zero-order chi connectivity index (χ0) is 27.8. The van der Waals surface area contributed by atoms with Crippen LogP contribution in [-0.2, 0) is 27.3 Å². The summed E-state index contributed by atoms with van der Waals surface area (Å²) in [7, 11) is 0. The Kier molecular flexibility index (Phi) is 8.53. The van der Waals surface area contributed by atoms with E-state index >= 15 is 0 Å². The summed E-state index contributed by atoms with van der Waals surface area (Å²) in [6.45, 7) is 0.0749. The molecule has 198 valence electrons. The van der Waals surface area contributed by atoms with Gasteiger partial charge < -0.3 is 21.1 Å². The topological polar surface area (TPSA) is 181 Å². The van der Waals surface area contributed by atoms with Crippen LogP contribution >= 0.6 is 11.6 Å². The minimum absolute atomic E-state index is 0.0749. The molecular weight excluding hydrogens is 528 g/mol. The van der Waals surface area contributed by atoms with Crippen molar-refractivity contribution in [1.29, 1.82) is 0 Å². The van der Waals surface area contributed by atoms with E-state index in [0.29, 0.717) is 21.8 Å². The van der Waals surface area contributed by atoms with E-state index < -0.39 is 29.7 Å². The molecule has 4 aromatic rings. The van der Waals surface area contributed by atoms with Crippen molar-refractivity contribution in [3.05, 3.63) is 95.0 Å². The second kappa shape index (κ2) is 12.4. The lowest BCUT2D eigenvalue weighted by molar-refractivity contribution is -0.138. The van der Waals surface area contributed by atoms with Gasteiger partial charge >= 0.3 is 17.8 Å². The van der Waals surface area contributed by atoms with Crippen LogP contribution in [0.15, 0.2) is 73.3 Å². The van der Waals surface area contributed by atoms with Crippen molar-refractivity contribution in [3.8, 4) is 5.69 Å². The van der Waals surface area contributed by atoms with Gasteiger partial charge in [-0.15, -0.1) is 5.10 Å². The number of carboxylic acid groups (broad SMARTS) is 1. The van der Waals surface area contributed by atoms with Gasteiger partial charge in [0.25, 0.3) is 0 Å². The van der Waals surface area contributed by atoms with Crippen LogP contribution in [0, 0.1) is 0 Å². The number of aromatic carboxylic acids is 1. The molecule has 4 rings (SSSR count). The van der Waals surface area contributed by atoms with Crippen molar-refractivity contribution in [2.45, 2.75) is 19.0 Å². The maximum absolute atomic E-state index is 13.1. The summed E-state index contributed by atoms with van der Waals surface area (Å²) >= 11 is 6.07. The van der Waals surface area contributed by atoms with Crippen molar-refractivity contribution in [3.63, 3.8) is 0 Å². The van der Waals surface area contributed by atoms with Crippen LogP contribution in [-0.4, -0.2) is 60.0 Å². The number of carbonyl (C=O) groups excluding carboxylic acids is 3. The number of benzene rings is 2. The van der Waals surface area contributed by atoms with Crippen molar-refractivity contribution in [2.75, 3.05) is 5.32 Å². The number of carboxylic acids is 1. The highest BCUT2D eigenvalue weighted by atomic mass is 35.5. The number of amides is 3. The maximum atomic E-state index is 13.1. The number of hydrogen-bond acceptors (Lipinski definition) is 8. The fraction of sp³-hybridized carbons (Fsp3) is 0.120. The second-order valence-electron chi connectivity index (χ2n) is 8.18. The Labute approximate surface area is 226 Å². The molecule has 13 nitrogen and oxygen atoms in total. The number of pyridine rings is 1. The number of halogens is 1. The van der Waals surface area contributed by atoms with Gasteiger partial charge in [0.05, 0.1) is 16.9 Å². The number of carbonyl (C=O) groups is 4. The molecule has 0 aliphatic heterocycles. The summed E-state index contributed by atoms with van der Waals surface area (Å²) in [6, 6.07) is 12.8. The second-order valence-corrected chi connectivity index (χ2v) is 8.61. The first-order valence-electron chi connectivity index (χ1n) is 11.4. The molecule has 4 N–H and O–H groups in total. The average Bonchev–Trinajstić information content (AvgIpc) is 3.47. The number of tetrazole rings is 1. The molecule has 0 saturated heterocycles. The van der Waals surface area contributed by atoms with Gasteiger partial charge in [0.15, 0.2) is 0 Å². The first kappa shape index (κ1) is 26.9. The van der Waals surface area contributed by atoms with Gasteiger partial charge in [-0.2, -0.15) is 4.68 Å². The van der Waals surface area contributed by atoms with E-state index in [9.17, 15) is 19.2 Å². The minimum atomic E-state index is -1.11. The standard InChI is InChI=1S/C25H21ClN8O5/c26-18-5-6-21(34-14-29-32-33-34)19(12-18)30-23(36)24(37)31-20(11-15-7-9-27-10-8-15)22(35)28-13-16-1-3-17(4-2-16)25(38)39/h1-10,12,14,20H,11,13H2,(H,28,35)(H,30,36)(H,31,37)(H,38,39). The maximum Gasteiger partial charge on any atom is 0.335 e. The van der Waals surface area contributed by atoms with Gasteiger partial charge in [0, 0.05) is 30.4 Å². The van der Waals surface area contributed by atoms with E-state index in [1.165, 1.54) is 29.2 Å². The van der Waals surface area contributed by atoms with Crippen molar-refractivity contribution in [1.82, 2.24) is 35.8 Å².